The summed E-state index contributed by atoms with van der Waals surface area (Å²) in [4.78, 5) is 62.3. The minimum atomic E-state index is -1.26. The zero-order valence-electron chi connectivity index (χ0n) is 20.7. The molecule has 1 unspecified atom stereocenters. The van der Waals surface area contributed by atoms with E-state index >= 15 is 0 Å². The molecule has 0 fully saturated rings. The Morgan fingerprint density at radius 3 is 2.42 bits per heavy atom. The summed E-state index contributed by atoms with van der Waals surface area (Å²) in [6.07, 6.45) is -0.374. The van der Waals surface area contributed by atoms with Crippen LogP contribution in [0.15, 0.2) is 5.38 Å². The van der Waals surface area contributed by atoms with E-state index in [1.807, 2.05) is 26.2 Å². The molecule has 12 nitrogen and oxygen atoms in total. The number of aryl methyl sites for hydroxylation is 2. The van der Waals surface area contributed by atoms with Gasteiger partial charge in [-0.25, -0.2) is 0 Å². The van der Waals surface area contributed by atoms with Gasteiger partial charge in [0.2, 0.25) is 17.7 Å². The van der Waals surface area contributed by atoms with Crippen LogP contribution in [0.4, 0.5) is 5.69 Å². The first-order chi connectivity index (χ1) is 16.9. The van der Waals surface area contributed by atoms with Gasteiger partial charge in [-0.3, -0.25) is 24.0 Å². The molecule has 1 heterocycles. The molecule has 36 heavy (non-hydrogen) atoms. The van der Waals surface area contributed by atoms with Crippen molar-refractivity contribution in [1.29, 1.82) is 0 Å². The third-order valence-electron chi connectivity index (χ3n) is 5.05. The number of thioether (sulfide) groups is 1. The summed E-state index contributed by atoms with van der Waals surface area (Å²) >= 11 is 2.64. The van der Waals surface area contributed by atoms with Crippen LogP contribution in [0.5, 0.6) is 0 Å². The minimum Gasteiger partial charge on any atom is -0.480 e. The Balaban J connectivity index is 2.88. The van der Waals surface area contributed by atoms with Crippen molar-refractivity contribution in [2.75, 3.05) is 36.7 Å². The van der Waals surface area contributed by atoms with Crippen molar-refractivity contribution in [3.8, 4) is 0 Å². The number of carboxylic acid groups (broad SMARTS) is 2. The molecule has 14 heteroatoms. The smallest absolute Gasteiger partial charge is 0.322 e. The fraction of sp³-hybridized carbons (Fsp3) is 0.591. The monoisotopic (exact) mass is 546 g/mol. The van der Waals surface area contributed by atoms with Crippen molar-refractivity contribution in [1.82, 2.24) is 10.6 Å². The summed E-state index contributed by atoms with van der Waals surface area (Å²) in [6.45, 7) is 5.39. The van der Waals surface area contributed by atoms with Crippen molar-refractivity contribution in [2.45, 2.75) is 51.7 Å². The number of methoxy groups -OCH3 is 1. The predicted molar refractivity (Wildman–Crippen MR) is 137 cm³/mol. The average molecular weight is 547 g/mol. The standard InChI is InChI=1S/C22H34N4O8S2/c1-12-9-36-14(3)20(12)26(13(2)8-34-4)18(28)11-35-10-16(21(31)24-7-19(29)30)25-17(27)6-5-15(23)22(32)33/h9,13,15-16H,5-8,10-11,23H2,1-4H3,(H,24,31)(H,25,27)(H,29,30)(H,32,33)/t13?,15-,16-/m0/s1. The Bertz CT molecular complexity index is 920. The van der Waals surface area contributed by atoms with Crippen molar-refractivity contribution in [2.24, 2.45) is 5.73 Å². The van der Waals surface area contributed by atoms with Gasteiger partial charge in [0.1, 0.15) is 18.6 Å². The highest BCUT2D eigenvalue weighted by Gasteiger charge is 2.27. The number of nitrogens with zero attached hydrogens (tertiary/aromatic N) is 1. The molecule has 0 saturated heterocycles. The van der Waals surface area contributed by atoms with Gasteiger partial charge >= 0.3 is 11.9 Å². The van der Waals surface area contributed by atoms with Gasteiger partial charge in [-0.05, 0) is 38.1 Å². The largest absolute Gasteiger partial charge is 0.480 e. The highest BCUT2D eigenvalue weighted by molar-refractivity contribution is 8.00. The summed E-state index contributed by atoms with van der Waals surface area (Å²) in [7, 11) is 1.55. The van der Waals surface area contributed by atoms with E-state index in [0.717, 1.165) is 27.9 Å². The van der Waals surface area contributed by atoms with Crippen molar-refractivity contribution < 1.29 is 38.9 Å². The van der Waals surface area contributed by atoms with Gasteiger partial charge in [-0.2, -0.15) is 0 Å². The number of nitrogens with one attached hydrogen (secondary N) is 2. The van der Waals surface area contributed by atoms with Crippen LogP contribution in [-0.4, -0.2) is 89.8 Å². The summed E-state index contributed by atoms with van der Waals surface area (Å²) < 4.78 is 5.24. The average Bonchev–Trinajstić information content (AvgIpc) is 3.13. The molecule has 6 N–H and O–H groups in total. The predicted octanol–water partition coefficient (Wildman–Crippen LogP) is 0.344. The first-order valence-electron chi connectivity index (χ1n) is 11.1. The lowest BCUT2D eigenvalue weighted by Crippen LogP contribution is -2.50. The number of nitrogens with two attached hydrogens (primary N) is 1. The summed E-state index contributed by atoms with van der Waals surface area (Å²) in [6, 6.07) is -2.61. The highest BCUT2D eigenvalue weighted by Crippen LogP contribution is 2.32. The van der Waals surface area contributed by atoms with Gasteiger partial charge in [0.15, 0.2) is 0 Å². The van der Waals surface area contributed by atoms with Crippen LogP contribution in [0, 0.1) is 13.8 Å². The van der Waals surface area contributed by atoms with E-state index < -0.39 is 42.4 Å². The number of hydrogen-bond donors (Lipinski definition) is 5. The van der Waals surface area contributed by atoms with Gasteiger partial charge in [-0.1, -0.05) is 0 Å². The van der Waals surface area contributed by atoms with E-state index in [9.17, 15) is 24.0 Å². The summed E-state index contributed by atoms with van der Waals surface area (Å²) in [5.74, 6) is -4.09. The first-order valence-corrected chi connectivity index (χ1v) is 13.1. The summed E-state index contributed by atoms with van der Waals surface area (Å²) in [5, 5.41) is 24.3. The van der Waals surface area contributed by atoms with Crippen LogP contribution >= 0.6 is 23.1 Å². The van der Waals surface area contributed by atoms with E-state index in [2.05, 4.69) is 10.6 Å². The molecule has 0 spiro atoms. The third-order valence-corrected chi connectivity index (χ3v) is 7.09. The molecule has 1 aromatic heterocycles. The maximum Gasteiger partial charge on any atom is 0.322 e. The van der Waals surface area contributed by atoms with Crippen LogP contribution in [0.3, 0.4) is 0 Å². The molecule has 0 aliphatic carbocycles. The van der Waals surface area contributed by atoms with Crippen LogP contribution < -0.4 is 21.3 Å². The number of carbonyl (C=O) groups excluding carboxylic acids is 3. The Kier molecular flexibility index (Phi) is 13.4. The maximum absolute atomic E-state index is 13.2. The molecule has 3 amide bonds. The molecule has 0 aromatic carbocycles. The summed E-state index contributed by atoms with van der Waals surface area (Å²) in [5.41, 5.74) is 7.18. The number of rotatable bonds is 16. The molecule has 202 valence electrons. The lowest BCUT2D eigenvalue weighted by molar-refractivity contribution is -0.139. The second-order valence-electron chi connectivity index (χ2n) is 8.12. The van der Waals surface area contributed by atoms with Crippen LogP contribution in [0.25, 0.3) is 0 Å². The Morgan fingerprint density at radius 2 is 1.89 bits per heavy atom. The Hall–Kier alpha value is -2.68. The molecule has 1 aromatic rings. The number of hydrogen-bond acceptors (Lipinski definition) is 9. The number of amides is 3. The lowest BCUT2D eigenvalue weighted by atomic mass is 10.1. The van der Waals surface area contributed by atoms with Crippen molar-refractivity contribution >= 4 is 58.4 Å². The van der Waals surface area contributed by atoms with E-state index in [0.29, 0.717) is 6.61 Å². The van der Waals surface area contributed by atoms with Crippen LogP contribution in [0.1, 0.15) is 30.2 Å². The zero-order chi connectivity index (χ0) is 27.4. The number of carboxylic acids is 2. The molecule has 0 aliphatic heterocycles. The minimum absolute atomic E-state index is 0.00868. The van der Waals surface area contributed by atoms with Crippen molar-refractivity contribution in [3.05, 3.63) is 15.8 Å². The number of carbonyl (C=O) groups is 5. The third kappa shape index (κ3) is 10.1. The topological polar surface area (TPSA) is 188 Å². The quantitative estimate of drug-likeness (QED) is 0.193. The molecule has 1 rings (SSSR count). The van der Waals surface area contributed by atoms with Gasteiger partial charge in [0.05, 0.1) is 24.1 Å². The van der Waals surface area contributed by atoms with Crippen molar-refractivity contribution in [3.63, 3.8) is 0 Å². The van der Waals surface area contributed by atoms with Crippen LogP contribution in [-0.2, 0) is 28.7 Å². The number of thiophene rings is 1. The van der Waals surface area contributed by atoms with E-state index in [4.69, 9.17) is 20.7 Å². The number of aliphatic carboxylic acids is 2. The second kappa shape index (κ2) is 15.4. The molecule has 0 aliphatic rings. The van der Waals surface area contributed by atoms with Gasteiger partial charge < -0.3 is 36.2 Å². The van der Waals surface area contributed by atoms with Gasteiger partial charge in [-0.15, -0.1) is 23.1 Å². The SMILES string of the molecule is COCC(C)N(C(=O)CSC[C@H](NC(=O)CC[C@H](N)C(=O)O)C(=O)NCC(=O)O)c1c(C)csc1C. The molecule has 3 atom stereocenters. The van der Waals surface area contributed by atoms with Gasteiger partial charge in [0, 0.05) is 24.2 Å². The second-order valence-corrected chi connectivity index (χ2v) is 10.2. The molecular formula is C22H34N4O8S2. The van der Waals surface area contributed by atoms with Gasteiger partial charge in [0.25, 0.3) is 0 Å². The van der Waals surface area contributed by atoms with Crippen LogP contribution in [0.2, 0.25) is 0 Å². The molecular weight excluding hydrogens is 512 g/mol. The number of anilines is 1. The molecule has 0 saturated carbocycles. The molecule has 0 bridgehead atoms. The fourth-order valence-electron chi connectivity index (χ4n) is 3.31. The fourth-order valence-corrected chi connectivity index (χ4v) is 5.05. The van der Waals surface area contributed by atoms with E-state index in [1.54, 1.807) is 12.0 Å². The highest BCUT2D eigenvalue weighted by atomic mass is 32.2. The van der Waals surface area contributed by atoms with E-state index in [-0.39, 0.29) is 36.3 Å². The van der Waals surface area contributed by atoms with E-state index in [1.165, 1.54) is 11.3 Å². The Morgan fingerprint density at radius 1 is 1.22 bits per heavy atom. The first kappa shape index (κ1) is 31.4. The molecule has 0 radical (unpaired) electrons. The number of ether oxygens (including phenoxy) is 1. The Labute approximate surface area is 217 Å². The lowest BCUT2D eigenvalue weighted by Gasteiger charge is -2.30. The maximum atomic E-state index is 13.2. The normalized spacial score (nSPS) is 13.4. The zero-order valence-corrected chi connectivity index (χ0v) is 22.4.